The number of nitrogens with zero attached hydrogens (tertiary/aromatic N) is 4. The predicted octanol–water partition coefficient (Wildman–Crippen LogP) is 4.71. The van der Waals surface area contributed by atoms with Crippen LogP contribution in [0.25, 0.3) is 11.4 Å². The quantitative estimate of drug-likeness (QED) is 0.521. The van der Waals surface area contributed by atoms with Crippen LogP contribution in [0.15, 0.2) is 60.8 Å². The van der Waals surface area contributed by atoms with Crippen molar-refractivity contribution in [2.24, 2.45) is 0 Å². The first-order valence-electron chi connectivity index (χ1n) is 10.8. The molecule has 0 spiro atoms. The molecule has 1 aliphatic heterocycles. The van der Waals surface area contributed by atoms with Gasteiger partial charge in [0.15, 0.2) is 5.82 Å². The largest absolute Gasteiger partial charge is 0.492 e. The summed E-state index contributed by atoms with van der Waals surface area (Å²) in [5.41, 5.74) is 2.33. The summed E-state index contributed by atoms with van der Waals surface area (Å²) in [7, 11) is 4.00. The monoisotopic (exact) mass is 450 g/mol. The highest BCUT2D eigenvalue weighted by Gasteiger charge is 2.32. The first-order chi connectivity index (χ1) is 15.5. The molecule has 0 aliphatic carbocycles. The van der Waals surface area contributed by atoms with Crippen molar-refractivity contribution in [3.63, 3.8) is 0 Å². The van der Waals surface area contributed by atoms with E-state index in [9.17, 15) is 4.79 Å². The highest BCUT2D eigenvalue weighted by Crippen LogP contribution is 2.33. The van der Waals surface area contributed by atoms with Crippen LogP contribution in [0.3, 0.4) is 0 Å². The van der Waals surface area contributed by atoms with Gasteiger partial charge in [-0.3, -0.25) is 4.79 Å². The van der Waals surface area contributed by atoms with Gasteiger partial charge in [-0.1, -0.05) is 29.8 Å². The first kappa shape index (κ1) is 22.2. The Balaban J connectivity index is 1.53. The normalized spacial score (nSPS) is 15.9. The Morgan fingerprint density at radius 1 is 1.19 bits per heavy atom. The number of rotatable bonds is 7. The SMILES string of the molecule is CN(C)CCOc1cccc(C(=O)N2CCC[C@@H]2c2ccnc(-c3cccc(Cl)c3)n2)c1. The minimum atomic E-state index is -0.0817. The maximum absolute atomic E-state index is 13.4. The van der Waals surface area contributed by atoms with E-state index in [4.69, 9.17) is 21.3 Å². The Kier molecular flexibility index (Phi) is 7.02. The highest BCUT2D eigenvalue weighted by molar-refractivity contribution is 6.30. The lowest BCUT2D eigenvalue weighted by molar-refractivity contribution is 0.0732. The van der Waals surface area contributed by atoms with Gasteiger partial charge in [0, 0.05) is 35.4 Å². The van der Waals surface area contributed by atoms with E-state index < -0.39 is 0 Å². The van der Waals surface area contributed by atoms with Gasteiger partial charge in [0.25, 0.3) is 5.91 Å². The van der Waals surface area contributed by atoms with E-state index in [1.165, 1.54) is 0 Å². The molecule has 166 valence electrons. The molecule has 1 saturated heterocycles. The number of ether oxygens (including phenoxy) is 1. The topological polar surface area (TPSA) is 58.6 Å². The second-order valence-electron chi connectivity index (χ2n) is 8.15. The van der Waals surface area contributed by atoms with E-state index in [1.54, 1.807) is 6.20 Å². The molecule has 0 N–H and O–H groups in total. The Morgan fingerprint density at radius 2 is 2.03 bits per heavy atom. The molecule has 0 saturated carbocycles. The van der Waals surface area contributed by atoms with Crippen LogP contribution >= 0.6 is 11.6 Å². The van der Waals surface area contributed by atoms with Crippen molar-refractivity contribution in [2.45, 2.75) is 18.9 Å². The molecular weight excluding hydrogens is 424 g/mol. The number of benzene rings is 2. The summed E-state index contributed by atoms with van der Waals surface area (Å²) in [4.78, 5) is 26.5. The van der Waals surface area contributed by atoms with Gasteiger partial charge in [-0.05, 0) is 63.3 Å². The van der Waals surface area contributed by atoms with E-state index in [2.05, 4.69) is 9.88 Å². The van der Waals surface area contributed by atoms with Crippen molar-refractivity contribution in [2.75, 3.05) is 33.8 Å². The minimum absolute atomic E-state index is 0.00604. The van der Waals surface area contributed by atoms with Gasteiger partial charge in [0.05, 0.1) is 11.7 Å². The number of halogens is 1. The smallest absolute Gasteiger partial charge is 0.254 e. The van der Waals surface area contributed by atoms with Gasteiger partial charge in [0.1, 0.15) is 12.4 Å². The van der Waals surface area contributed by atoms with E-state index in [-0.39, 0.29) is 11.9 Å². The van der Waals surface area contributed by atoms with Crippen LogP contribution in [0.4, 0.5) is 0 Å². The lowest BCUT2D eigenvalue weighted by Gasteiger charge is -2.25. The zero-order valence-electron chi connectivity index (χ0n) is 18.4. The Labute approximate surface area is 193 Å². The van der Waals surface area contributed by atoms with Crippen molar-refractivity contribution in [3.8, 4) is 17.1 Å². The lowest BCUT2D eigenvalue weighted by atomic mass is 10.1. The molecular formula is C25H27ClN4O2. The first-order valence-corrected chi connectivity index (χ1v) is 11.2. The summed E-state index contributed by atoms with van der Waals surface area (Å²) in [5.74, 6) is 1.31. The second-order valence-corrected chi connectivity index (χ2v) is 8.59. The third kappa shape index (κ3) is 5.26. The highest BCUT2D eigenvalue weighted by atomic mass is 35.5. The van der Waals surface area contributed by atoms with Crippen molar-refractivity contribution < 1.29 is 9.53 Å². The molecule has 3 aromatic rings. The van der Waals surface area contributed by atoms with Crippen LogP contribution < -0.4 is 4.74 Å². The van der Waals surface area contributed by atoms with Crippen LogP contribution in [0.5, 0.6) is 5.75 Å². The maximum Gasteiger partial charge on any atom is 0.254 e. The molecule has 1 fully saturated rings. The van der Waals surface area contributed by atoms with Crippen molar-refractivity contribution in [3.05, 3.63) is 77.1 Å². The summed E-state index contributed by atoms with van der Waals surface area (Å²) in [5, 5.41) is 0.641. The molecule has 7 heteroatoms. The molecule has 32 heavy (non-hydrogen) atoms. The molecule has 1 amide bonds. The summed E-state index contributed by atoms with van der Waals surface area (Å²) in [6.07, 6.45) is 3.56. The second kappa shape index (κ2) is 10.1. The summed E-state index contributed by atoms with van der Waals surface area (Å²) in [6.45, 7) is 2.09. The average molecular weight is 451 g/mol. The summed E-state index contributed by atoms with van der Waals surface area (Å²) in [6, 6.07) is 16.7. The zero-order valence-corrected chi connectivity index (χ0v) is 19.1. The maximum atomic E-state index is 13.4. The van der Waals surface area contributed by atoms with Crippen molar-refractivity contribution in [1.29, 1.82) is 0 Å². The molecule has 0 bridgehead atoms. The molecule has 0 unspecified atom stereocenters. The molecule has 0 radical (unpaired) electrons. The molecule has 4 rings (SSSR count). The Morgan fingerprint density at radius 3 is 2.84 bits per heavy atom. The van der Waals surface area contributed by atoms with Crippen molar-refractivity contribution in [1.82, 2.24) is 19.8 Å². The molecule has 6 nitrogen and oxygen atoms in total. The minimum Gasteiger partial charge on any atom is -0.492 e. The number of amides is 1. The van der Waals surface area contributed by atoms with Gasteiger partial charge in [0.2, 0.25) is 0 Å². The number of aromatic nitrogens is 2. The van der Waals surface area contributed by atoms with Gasteiger partial charge in [-0.15, -0.1) is 0 Å². The van der Waals surface area contributed by atoms with Crippen molar-refractivity contribution >= 4 is 17.5 Å². The number of carbonyl (C=O) groups is 1. The Bertz CT molecular complexity index is 1090. The van der Waals surface area contributed by atoms with Gasteiger partial charge >= 0.3 is 0 Å². The van der Waals surface area contributed by atoms with E-state index in [0.717, 1.165) is 30.6 Å². The van der Waals surface area contributed by atoms with E-state index >= 15 is 0 Å². The molecule has 1 aromatic heterocycles. The number of likely N-dealkylation sites (tertiary alicyclic amines) is 1. The van der Waals surface area contributed by atoms with E-state index in [1.807, 2.05) is 73.6 Å². The number of carbonyl (C=O) groups excluding carboxylic acids is 1. The van der Waals surface area contributed by atoms with Gasteiger partial charge < -0.3 is 14.5 Å². The van der Waals surface area contributed by atoms with E-state index in [0.29, 0.717) is 35.3 Å². The molecule has 1 atom stereocenters. The predicted molar refractivity (Wildman–Crippen MR) is 126 cm³/mol. The fourth-order valence-corrected chi connectivity index (χ4v) is 4.06. The number of hydrogen-bond donors (Lipinski definition) is 0. The number of likely N-dealkylation sites (N-methyl/N-ethyl adjacent to an activating group) is 1. The standard InChI is InChI=1S/C25H27ClN4O2/c1-29(2)14-15-32-21-9-4-7-19(17-21)25(31)30-13-5-10-23(30)22-11-12-27-24(28-22)18-6-3-8-20(26)16-18/h3-4,6-9,11-12,16-17,23H,5,10,13-15H2,1-2H3/t23-/m1/s1. The Hall–Kier alpha value is -2.96. The fraction of sp³-hybridized carbons (Fsp3) is 0.320. The third-order valence-corrected chi connectivity index (χ3v) is 5.74. The van der Waals surface area contributed by atoms with Crippen LogP contribution in [0, 0.1) is 0 Å². The summed E-state index contributed by atoms with van der Waals surface area (Å²) < 4.78 is 5.81. The van der Waals surface area contributed by atoms with Crippen LogP contribution in [-0.4, -0.2) is 59.5 Å². The zero-order chi connectivity index (χ0) is 22.5. The molecule has 1 aliphatic rings. The third-order valence-electron chi connectivity index (χ3n) is 5.50. The fourth-order valence-electron chi connectivity index (χ4n) is 3.87. The van der Waals surface area contributed by atoms with Gasteiger partial charge in [-0.25, -0.2) is 9.97 Å². The van der Waals surface area contributed by atoms with Crippen LogP contribution in [0.2, 0.25) is 5.02 Å². The van der Waals surface area contributed by atoms with Crippen LogP contribution in [0.1, 0.15) is 34.9 Å². The molecule has 2 aromatic carbocycles. The summed E-state index contributed by atoms with van der Waals surface area (Å²) >= 11 is 6.13. The van der Waals surface area contributed by atoms with Gasteiger partial charge in [-0.2, -0.15) is 0 Å². The molecule has 2 heterocycles. The lowest BCUT2D eigenvalue weighted by Crippen LogP contribution is -2.31. The number of hydrogen-bond acceptors (Lipinski definition) is 5. The average Bonchev–Trinajstić information content (AvgIpc) is 3.29. The van der Waals surface area contributed by atoms with Crippen LogP contribution in [-0.2, 0) is 0 Å².